The first-order valence-corrected chi connectivity index (χ1v) is 9.18. The normalized spacial score (nSPS) is 11.9. The van der Waals surface area contributed by atoms with Gasteiger partial charge in [0.2, 0.25) is 0 Å². The van der Waals surface area contributed by atoms with E-state index in [2.05, 4.69) is 10.6 Å². The number of fused-ring (bicyclic) bond motifs is 3. The monoisotopic (exact) mass is 384 g/mol. The number of benzene rings is 2. The predicted molar refractivity (Wildman–Crippen MR) is 105 cm³/mol. The molecule has 1 aliphatic heterocycles. The van der Waals surface area contributed by atoms with Gasteiger partial charge < -0.3 is 24.8 Å². The zero-order valence-electron chi connectivity index (χ0n) is 16.4. The van der Waals surface area contributed by atoms with Gasteiger partial charge in [0.05, 0.1) is 0 Å². The molecule has 0 fully saturated rings. The lowest BCUT2D eigenvalue weighted by Gasteiger charge is -2.22. The van der Waals surface area contributed by atoms with Crippen LogP contribution in [0.1, 0.15) is 33.3 Å². The highest BCUT2D eigenvalue weighted by atomic mass is 16.6. The van der Waals surface area contributed by atoms with Crippen LogP contribution >= 0.6 is 0 Å². The molecule has 0 atom stereocenters. The van der Waals surface area contributed by atoms with Crippen molar-refractivity contribution in [2.24, 2.45) is 0 Å². The van der Waals surface area contributed by atoms with Gasteiger partial charge in [-0.1, -0.05) is 6.07 Å². The van der Waals surface area contributed by atoms with Gasteiger partial charge in [-0.2, -0.15) is 0 Å². The van der Waals surface area contributed by atoms with Crippen LogP contribution in [0.15, 0.2) is 36.4 Å². The number of nitrogens with one attached hydrogen (secondary N) is 2. The summed E-state index contributed by atoms with van der Waals surface area (Å²) in [7, 11) is 0. The Kier molecular flexibility index (Phi) is 5.73. The lowest BCUT2D eigenvalue weighted by molar-refractivity contribution is 0.196. The molecule has 0 unspecified atom stereocenters. The topological polar surface area (TPSA) is 85.9 Å². The van der Waals surface area contributed by atoms with Gasteiger partial charge in [0.1, 0.15) is 23.9 Å². The van der Waals surface area contributed by atoms with E-state index in [1.807, 2.05) is 39.8 Å². The van der Waals surface area contributed by atoms with Crippen molar-refractivity contribution in [1.29, 1.82) is 0 Å². The van der Waals surface area contributed by atoms with Gasteiger partial charge >= 0.3 is 12.2 Å². The Morgan fingerprint density at radius 1 is 0.857 bits per heavy atom. The predicted octanol–water partition coefficient (Wildman–Crippen LogP) is 4.24. The second kappa shape index (κ2) is 8.21. The minimum Gasteiger partial charge on any atom is -0.488 e. The minimum absolute atomic E-state index is 0.000582. The van der Waals surface area contributed by atoms with Crippen molar-refractivity contribution in [3.8, 4) is 28.4 Å². The zero-order valence-corrected chi connectivity index (χ0v) is 16.4. The molecule has 0 aliphatic carbocycles. The highest BCUT2D eigenvalue weighted by Crippen LogP contribution is 2.40. The second-order valence-corrected chi connectivity index (χ2v) is 7.14. The van der Waals surface area contributed by atoms with Crippen LogP contribution in [0.25, 0.3) is 11.1 Å². The molecule has 2 aromatic rings. The molecule has 148 valence electrons. The molecule has 2 aromatic carbocycles. The third-order valence-corrected chi connectivity index (χ3v) is 3.94. The van der Waals surface area contributed by atoms with Crippen LogP contribution in [0.3, 0.4) is 0 Å². The van der Waals surface area contributed by atoms with Crippen molar-refractivity contribution in [2.45, 2.75) is 46.4 Å². The quantitative estimate of drug-likeness (QED) is 0.823. The molecule has 2 N–H and O–H groups in total. The van der Waals surface area contributed by atoms with Crippen LogP contribution in [0.5, 0.6) is 17.2 Å². The van der Waals surface area contributed by atoms with Crippen molar-refractivity contribution >= 4 is 12.2 Å². The first-order chi connectivity index (χ1) is 13.3. The fraction of sp³-hybridized carbons (Fsp3) is 0.333. The SMILES string of the molecule is CC(C)NC(=O)Oc1ccc2c(c1)COc1cc(OC(=O)NC(C)C)ccc1-2. The van der Waals surface area contributed by atoms with Crippen LogP contribution in [-0.4, -0.2) is 24.3 Å². The van der Waals surface area contributed by atoms with Crippen LogP contribution < -0.4 is 24.8 Å². The number of hydrogen-bond donors (Lipinski definition) is 2. The van der Waals surface area contributed by atoms with E-state index in [9.17, 15) is 9.59 Å². The Bertz CT molecular complexity index is 819. The van der Waals surface area contributed by atoms with Gasteiger partial charge in [0, 0.05) is 29.3 Å². The molecule has 1 aliphatic rings. The van der Waals surface area contributed by atoms with Crippen LogP contribution in [-0.2, 0) is 6.61 Å². The van der Waals surface area contributed by atoms with E-state index < -0.39 is 12.2 Å². The van der Waals surface area contributed by atoms with E-state index in [1.54, 1.807) is 24.3 Å². The number of ether oxygens (including phenoxy) is 3. The molecule has 0 radical (unpaired) electrons. The molecule has 0 saturated heterocycles. The Morgan fingerprint density at radius 3 is 1.96 bits per heavy atom. The number of carbonyl (C=O) groups is 2. The van der Waals surface area contributed by atoms with Gasteiger partial charge in [-0.3, -0.25) is 0 Å². The highest BCUT2D eigenvalue weighted by Gasteiger charge is 2.20. The molecule has 0 aromatic heterocycles. The molecule has 7 nitrogen and oxygen atoms in total. The third kappa shape index (κ3) is 4.73. The van der Waals surface area contributed by atoms with E-state index in [4.69, 9.17) is 14.2 Å². The van der Waals surface area contributed by atoms with Crippen molar-refractivity contribution in [3.05, 3.63) is 42.0 Å². The van der Waals surface area contributed by atoms with Gasteiger partial charge in [0.15, 0.2) is 0 Å². The Morgan fingerprint density at radius 2 is 1.39 bits per heavy atom. The molecular weight excluding hydrogens is 360 g/mol. The van der Waals surface area contributed by atoms with Crippen LogP contribution in [0.4, 0.5) is 9.59 Å². The molecule has 2 amide bonds. The second-order valence-electron chi connectivity index (χ2n) is 7.14. The molecule has 1 heterocycles. The molecule has 0 bridgehead atoms. The van der Waals surface area contributed by atoms with E-state index in [0.29, 0.717) is 23.9 Å². The summed E-state index contributed by atoms with van der Waals surface area (Å²) in [6, 6.07) is 10.7. The van der Waals surface area contributed by atoms with Crippen molar-refractivity contribution in [2.75, 3.05) is 0 Å². The van der Waals surface area contributed by atoms with Crippen molar-refractivity contribution < 1.29 is 23.8 Å². The Balaban J connectivity index is 1.76. The Labute approximate surface area is 164 Å². The van der Waals surface area contributed by atoms with Crippen LogP contribution in [0, 0.1) is 0 Å². The van der Waals surface area contributed by atoms with E-state index in [1.165, 1.54) is 0 Å². The lowest BCUT2D eigenvalue weighted by Crippen LogP contribution is -2.32. The summed E-state index contributed by atoms with van der Waals surface area (Å²) in [4.78, 5) is 23.5. The summed E-state index contributed by atoms with van der Waals surface area (Å²) < 4.78 is 16.4. The summed E-state index contributed by atoms with van der Waals surface area (Å²) in [5, 5.41) is 5.35. The fourth-order valence-corrected chi connectivity index (χ4v) is 2.82. The molecular formula is C21H24N2O5. The maximum Gasteiger partial charge on any atom is 0.412 e. The van der Waals surface area contributed by atoms with Gasteiger partial charge in [-0.05, 0) is 57.5 Å². The first kappa shape index (κ1) is 19.5. The van der Waals surface area contributed by atoms with Gasteiger partial charge in [-0.25, -0.2) is 9.59 Å². The number of amides is 2. The largest absolute Gasteiger partial charge is 0.488 e. The van der Waals surface area contributed by atoms with Crippen molar-refractivity contribution in [3.63, 3.8) is 0 Å². The first-order valence-electron chi connectivity index (χ1n) is 9.18. The number of carbonyl (C=O) groups excluding carboxylic acids is 2. The van der Waals surface area contributed by atoms with E-state index in [0.717, 1.165) is 16.7 Å². The smallest absolute Gasteiger partial charge is 0.412 e. The summed E-state index contributed by atoms with van der Waals surface area (Å²) in [5.74, 6) is 1.49. The average molecular weight is 384 g/mol. The molecule has 0 spiro atoms. The maximum atomic E-state index is 11.8. The maximum absolute atomic E-state index is 11.8. The molecule has 0 saturated carbocycles. The summed E-state index contributed by atoms with van der Waals surface area (Å²) >= 11 is 0. The summed E-state index contributed by atoms with van der Waals surface area (Å²) in [5.41, 5.74) is 2.78. The van der Waals surface area contributed by atoms with E-state index >= 15 is 0 Å². The number of hydrogen-bond acceptors (Lipinski definition) is 5. The summed E-state index contributed by atoms with van der Waals surface area (Å²) in [6.45, 7) is 7.77. The van der Waals surface area contributed by atoms with Crippen LogP contribution in [0.2, 0.25) is 0 Å². The average Bonchev–Trinajstić information content (AvgIpc) is 2.59. The third-order valence-electron chi connectivity index (χ3n) is 3.94. The molecule has 28 heavy (non-hydrogen) atoms. The fourth-order valence-electron chi connectivity index (χ4n) is 2.82. The zero-order chi connectivity index (χ0) is 20.3. The number of rotatable bonds is 4. The van der Waals surface area contributed by atoms with Crippen molar-refractivity contribution in [1.82, 2.24) is 10.6 Å². The molecule has 7 heteroatoms. The molecule has 3 rings (SSSR count). The van der Waals surface area contributed by atoms with E-state index in [-0.39, 0.29) is 12.1 Å². The summed E-state index contributed by atoms with van der Waals surface area (Å²) in [6.07, 6.45) is -0.999. The lowest BCUT2D eigenvalue weighted by atomic mass is 9.97. The van der Waals surface area contributed by atoms with Gasteiger partial charge in [0.25, 0.3) is 0 Å². The minimum atomic E-state index is -0.507. The standard InChI is InChI=1S/C21H24N2O5/c1-12(2)22-20(24)27-15-5-7-17-14(9-15)11-26-19-10-16(6-8-18(17)19)28-21(25)23-13(3)4/h5-10,12-13H,11H2,1-4H3,(H,22,24)(H,23,25). The Hall–Kier alpha value is -3.22. The van der Waals surface area contributed by atoms with Gasteiger partial charge in [-0.15, -0.1) is 0 Å². The highest BCUT2D eigenvalue weighted by molar-refractivity contribution is 5.78.